The number of hydrogen-bond acceptors (Lipinski definition) is 6. The van der Waals surface area contributed by atoms with Crippen LogP contribution in [0.4, 0.5) is 9.52 Å². The van der Waals surface area contributed by atoms with Crippen LogP contribution in [-0.4, -0.2) is 56.8 Å². The van der Waals surface area contributed by atoms with E-state index in [-0.39, 0.29) is 18.2 Å². The number of carbonyl (C=O) groups excluding carboxylic acids is 1. The maximum absolute atomic E-state index is 13.8. The van der Waals surface area contributed by atoms with E-state index in [0.29, 0.717) is 23.0 Å². The number of likely N-dealkylation sites (N-methyl/N-ethyl adjacent to an activating group) is 1. The third-order valence-electron chi connectivity index (χ3n) is 3.50. The molecule has 1 amide bonds. The lowest BCUT2D eigenvalue weighted by atomic mass is 10.1. The number of nitrogens with one attached hydrogen (secondary N) is 1. The number of benzene rings is 1. The number of hydrogen-bond donors (Lipinski definition) is 1. The Labute approximate surface area is 150 Å². The molecule has 0 saturated carbocycles. The van der Waals surface area contributed by atoms with Gasteiger partial charge in [-0.05, 0) is 31.7 Å². The van der Waals surface area contributed by atoms with Crippen LogP contribution in [0, 0.1) is 5.82 Å². The summed E-state index contributed by atoms with van der Waals surface area (Å²) in [7, 11) is 4.95. The van der Waals surface area contributed by atoms with E-state index < -0.39 is 5.82 Å². The molecule has 1 N–H and O–H groups in total. The molecule has 2 rings (SSSR count). The first-order chi connectivity index (χ1) is 12.0. The van der Waals surface area contributed by atoms with Crippen molar-refractivity contribution in [2.75, 3.05) is 46.3 Å². The van der Waals surface area contributed by atoms with Crippen molar-refractivity contribution in [2.24, 2.45) is 0 Å². The van der Waals surface area contributed by atoms with Crippen LogP contribution in [0.15, 0.2) is 23.6 Å². The monoisotopic (exact) mass is 367 g/mol. The Morgan fingerprint density at radius 3 is 2.88 bits per heavy atom. The lowest BCUT2D eigenvalue weighted by Crippen LogP contribution is -2.31. The SMILES string of the molecule is COCCCN(C)CC(=O)Nc1nc(-c2ccc(OC)c(F)c2)cs1. The topological polar surface area (TPSA) is 63.7 Å². The predicted octanol–water partition coefficient (Wildman–Crippen LogP) is 2.86. The molecule has 0 aliphatic heterocycles. The van der Waals surface area contributed by atoms with Crippen molar-refractivity contribution in [1.82, 2.24) is 9.88 Å². The molecule has 0 aliphatic carbocycles. The Morgan fingerprint density at radius 2 is 2.20 bits per heavy atom. The number of ether oxygens (including phenoxy) is 2. The van der Waals surface area contributed by atoms with E-state index in [1.165, 1.54) is 24.5 Å². The summed E-state index contributed by atoms with van der Waals surface area (Å²) in [4.78, 5) is 18.3. The summed E-state index contributed by atoms with van der Waals surface area (Å²) in [5.74, 6) is -0.401. The molecule has 0 saturated heterocycles. The molecule has 2 aromatic rings. The van der Waals surface area contributed by atoms with Gasteiger partial charge in [-0.25, -0.2) is 9.37 Å². The highest BCUT2D eigenvalue weighted by atomic mass is 32.1. The van der Waals surface area contributed by atoms with Crippen molar-refractivity contribution in [1.29, 1.82) is 0 Å². The maximum atomic E-state index is 13.8. The fourth-order valence-corrected chi connectivity index (χ4v) is 2.99. The predicted molar refractivity (Wildman–Crippen MR) is 96.7 cm³/mol. The zero-order valence-corrected chi connectivity index (χ0v) is 15.4. The van der Waals surface area contributed by atoms with Gasteiger partial charge in [0, 0.05) is 31.2 Å². The number of aromatic nitrogens is 1. The Morgan fingerprint density at radius 1 is 1.40 bits per heavy atom. The first-order valence-electron chi connectivity index (χ1n) is 7.80. The number of thiazole rings is 1. The van der Waals surface area contributed by atoms with Gasteiger partial charge in [0.15, 0.2) is 16.7 Å². The number of amides is 1. The van der Waals surface area contributed by atoms with Gasteiger partial charge in [0.05, 0.1) is 19.3 Å². The van der Waals surface area contributed by atoms with Crippen LogP contribution in [0.1, 0.15) is 6.42 Å². The molecular weight excluding hydrogens is 345 g/mol. The quantitative estimate of drug-likeness (QED) is 0.691. The maximum Gasteiger partial charge on any atom is 0.240 e. The summed E-state index contributed by atoms with van der Waals surface area (Å²) in [5, 5.41) is 5.03. The molecule has 25 heavy (non-hydrogen) atoms. The van der Waals surface area contributed by atoms with Gasteiger partial charge in [-0.3, -0.25) is 9.69 Å². The van der Waals surface area contributed by atoms with Gasteiger partial charge < -0.3 is 14.8 Å². The Kier molecular flexibility index (Phi) is 7.30. The van der Waals surface area contributed by atoms with Crippen molar-refractivity contribution < 1.29 is 18.7 Å². The Hall–Kier alpha value is -2.03. The van der Waals surface area contributed by atoms with Crippen LogP contribution in [0.2, 0.25) is 0 Å². The summed E-state index contributed by atoms with van der Waals surface area (Å²) in [6.45, 7) is 1.71. The molecular formula is C17H22FN3O3S. The molecule has 0 radical (unpaired) electrons. The average molecular weight is 367 g/mol. The summed E-state index contributed by atoms with van der Waals surface area (Å²) in [5.41, 5.74) is 1.24. The smallest absolute Gasteiger partial charge is 0.240 e. The zero-order valence-electron chi connectivity index (χ0n) is 14.5. The van der Waals surface area contributed by atoms with Crippen LogP contribution < -0.4 is 10.1 Å². The molecule has 0 atom stereocenters. The van der Waals surface area contributed by atoms with Gasteiger partial charge in [0.25, 0.3) is 0 Å². The van der Waals surface area contributed by atoms with Crippen molar-refractivity contribution in [3.8, 4) is 17.0 Å². The van der Waals surface area contributed by atoms with Crippen molar-refractivity contribution in [3.63, 3.8) is 0 Å². The summed E-state index contributed by atoms with van der Waals surface area (Å²) < 4.78 is 23.7. The minimum Gasteiger partial charge on any atom is -0.494 e. The lowest BCUT2D eigenvalue weighted by molar-refractivity contribution is -0.117. The Balaban J connectivity index is 1.92. The number of nitrogens with zero attached hydrogens (tertiary/aromatic N) is 2. The highest BCUT2D eigenvalue weighted by Crippen LogP contribution is 2.28. The lowest BCUT2D eigenvalue weighted by Gasteiger charge is -2.15. The molecule has 0 bridgehead atoms. The fourth-order valence-electron chi connectivity index (χ4n) is 2.25. The summed E-state index contributed by atoms with van der Waals surface area (Å²) in [6, 6.07) is 4.65. The minimum absolute atomic E-state index is 0.137. The average Bonchev–Trinajstić information content (AvgIpc) is 3.03. The normalized spacial score (nSPS) is 10.9. The van der Waals surface area contributed by atoms with Gasteiger partial charge in [-0.2, -0.15) is 0 Å². The third kappa shape index (κ3) is 5.77. The molecule has 0 spiro atoms. The molecule has 6 nitrogen and oxygen atoms in total. The van der Waals surface area contributed by atoms with Crippen LogP contribution in [-0.2, 0) is 9.53 Å². The molecule has 8 heteroatoms. The molecule has 0 unspecified atom stereocenters. The summed E-state index contributed by atoms with van der Waals surface area (Å²) in [6.07, 6.45) is 0.866. The number of rotatable bonds is 9. The summed E-state index contributed by atoms with van der Waals surface area (Å²) >= 11 is 1.30. The number of halogens is 1. The molecule has 1 aromatic carbocycles. The molecule has 1 heterocycles. The highest BCUT2D eigenvalue weighted by Gasteiger charge is 2.12. The van der Waals surface area contributed by atoms with E-state index in [4.69, 9.17) is 9.47 Å². The van der Waals surface area contributed by atoms with E-state index >= 15 is 0 Å². The molecule has 136 valence electrons. The molecule has 1 aromatic heterocycles. The first-order valence-corrected chi connectivity index (χ1v) is 8.68. The van der Waals surface area contributed by atoms with E-state index in [2.05, 4.69) is 10.3 Å². The van der Waals surface area contributed by atoms with Crippen LogP contribution in [0.5, 0.6) is 5.75 Å². The van der Waals surface area contributed by atoms with Gasteiger partial charge in [-0.1, -0.05) is 0 Å². The van der Waals surface area contributed by atoms with Gasteiger partial charge in [0.2, 0.25) is 5.91 Å². The number of anilines is 1. The number of carbonyl (C=O) groups is 1. The van der Waals surface area contributed by atoms with E-state index in [9.17, 15) is 9.18 Å². The van der Waals surface area contributed by atoms with Crippen molar-refractivity contribution in [3.05, 3.63) is 29.4 Å². The van der Waals surface area contributed by atoms with Gasteiger partial charge >= 0.3 is 0 Å². The van der Waals surface area contributed by atoms with E-state index in [0.717, 1.165) is 13.0 Å². The standard InChI is InChI=1S/C17H22FN3O3S/c1-21(7-4-8-23-2)10-16(22)20-17-19-14(11-25-17)12-5-6-15(24-3)13(18)9-12/h5-6,9,11H,4,7-8,10H2,1-3H3,(H,19,20,22). The zero-order chi connectivity index (χ0) is 18.2. The second-order valence-corrected chi connectivity index (χ2v) is 6.38. The van der Waals surface area contributed by atoms with Crippen molar-refractivity contribution >= 4 is 22.4 Å². The molecule has 0 fully saturated rings. The largest absolute Gasteiger partial charge is 0.494 e. The van der Waals surface area contributed by atoms with E-state index in [1.807, 2.05) is 11.9 Å². The third-order valence-corrected chi connectivity index (χ3v) is 4.26. The van der Waals surface area contributed by atoms with Crippen LogP contribution >= 0.6 is 11.3 Å². The number of methoxy groups -OCH3 is 2. The first kappa shape index (κ1) is 19.3. The van der Waals surface area contributed by atoms with Crippen LogP contribution in [0.25, 0.3) is 11.3 Å². The van der Waals surface area contributed by atoms with Gasteiger partial charge in [0.1, 0.15) is 0 Å². The highest BCUT2D eigenvalue weighted by molar-refractivity contribution is 7.14. The molecule has 0 aliphatic rings. The minimum atomic E-state index is -0.448. The Bertz CT molecular complexity index is 708. The van der Waals surface area contributed by atoms with E-state index in [1.54, 1.807) is 24.6 Å². The fraction of sp³-hybridized carbons (Fsp3) is 0.412. The second kappa shape index (κ2) is 9.45. The van der Waals surface area contributed by atoms with Gasteiger partial charge in [-0.15, -0.1) is 11.3 Å². The van der Waals surface area contributed by atoms with Crippen molar-refractivity contribution in [2.45, 2.75) is 6.42 Å². The van der Waals surface area contributed by atoms with Crippen LogP contribution in [0.3, 0.4) is 0 Å². The second-order valence-electron chi connectivity index (χ2n) is 5.52.